The second kappa shape index (κ2) is 7.77. The minimum atomic E-state index is -0.881. The summed E-state index contributed by atoms with van der Waals surface area (Å²) in [6, 6.07) is 9.22. The molecule has 0 spiro atoms. The lowest BCUT2D eigenvalue weighted by molar-refractivity contribution is -0.137. The maximum Gasteiger partial charge on any atom is 0.303 e. The molecule has 0 aliphatic rings. The van der Waals surface area contributed by atoms with Gasteiger partial charge in [-0.15, -0.1) is 0 Å². The highest BCUT2D eigenvalue weighted by Gasteiger charge is 2.20. The fourth-order valence-electron chi connectivity index (χ4n) is 2.68. The fraction of sp³-hybridized carbons (Fsp3) is 0.389. The van der Waals surface area contributed by atoms with Crippen molar-refractivity contribution < 1.29 is 14.7 Å². The highest BCUT2D eigenvalue weighted by atomic mass is 16.4. The molecule has 0 radical (unpaired) electrons. The van der Waals surface area contributed by atoms with Crippen LogP contribution in [-0.4, -0.2) is 26.8 Å². The van der Waals surface area contributed by atoms with Gasteiger partial charge in [0.15, 0.2) is 0 Å². The van der Waals surface area contributed by atoms with Crippen LogP contribution in [0.1, 0.15) is 60.4 Å². The zero-order valence-corrected chi connectivity index (χ0v) is 14.2. The highest BCUT2D eigenvalue weighted by Crippen LogP contribution is 2.20. The number of benzene rings is 1. The van der Waals surface area contributed by atoms with Crippen molar-refractivity contribution in [2.75, 3.05) is 0 Å². The first-order valence-corrected chi connectivity index (χ1v) is 8.02. The lowest BCUT2D eigenvalue weighted by Gasteiger charge is -2.18. The van der Waals surface area contributed by atoms with Crippen LogP contribution in [0, 0.1) is 6.92 Å². The third-order valence-corrected chi connectivity index (χ3v) is 3.93. The van der Waals surface area contributed by atoms with Crippen LogP contribution in [0.2, 0.25) is 0 Å². The van der Waals surface area contributed by atoms with Crippen LogP contribution in [0.25, 0.3) is 0 Å². The number of nitrogens with zero attached hydrogens (tertiary/aromatic N) is 2. The van der Waals surface area contributed by atoms with Gasteiger partial charge in [-0.1, -0.05) is 30.3 Å². The predicted octanol–water partition coefficient (Wildman–Crippen LogP) is 3.11. The van der Waals surface area contributed by atoms with E-state index >= 15 is 0 Å². The molecule has 128 valence electrons. The van der Waals surface area contributed by atoms with E-state index in [-0.39, 0.29) is 24.4 Å². The molecule has 2 rings (SSSR count). The molecule has 0 saturated carbocycles. The van der Waals surface area contributed by atoms with Crippen molar-refractivity contribution in [3.63, 3.8) is 0 Å². The minimum absolute atomic E-state index is 0.00984. The molecule has 0 saturated heterocycles. The van der Waals surface area contributed by atoms with Crippen LogP contribution in [-0.2, 0) is 4.79 Å². The average molecular weight is 329 g/mol. The van der Waals surface area contributed by atoms with Crippen molar-refractivity contribution in [3.05, 3.63) is 53.3 Å². The summed E-state index contributed by atoms with van der Waals surface area (Å²) in [4.78, 5) is 23.5. The van der Waals surface area contributed by atoms with Crippen molar-refractivity contribution in [1.82, 2.24) is 15.1 Å². The number of aliphatic carboxylic acids is 1. The Hall–Kier alpha value is -2.63. The van der Waals surface area contributed by atoms with Gasteiger partial charge >= 0.3 is 5.97 Å². The van der Waals surface area contributed by atoms with E-state index in [1.165, 1.54) is 0 Å². The number of aromatic nitrogens is 2. The number of amides is 1. The molecular formula is C18H23N3O3. The summed E-state index contributed by atoms with van der Waals surface area (Å²) in [6.07, 6.45) is 1.89. The molecule has 2 N–H and O–H groups in total. The molecule has 0 aliphatic carbocycles. The van der Waals surface area contributed by atoms with Gasteiger partial charge < -0.3 is 10.4 Å². The summed E-state index contributed by atoms with van der Waals surface area (Å²) < 4.78 is 1.80. The largest absolute Gasteiger partial charge is 0.481 e. The van der Waals surface area contributed by atoms with Crippen LogP contribution in [0.15, 0.2) is 36.5 Å². The van der Waals surface area contributed by atoms with Gasteiger partial charge in [0.2, 0.25) is 0 Å². The van der Waals surface area contributed by atoms with Gasteiger partial charge in [-0.3, -0.25) is 14.3 Å². The van der Waals surface area contributed by atoms with E-state index in [1.54, 1.807) is 10.9 Å². The van der Waals surface area contributed by atoms with E-state index < -0.39 is 5.97 Å². The average Bonchev–Trinajstić information content (AvgIpc) is 2.93. The molecule has 1 heterocycles. The van der Waals surface area contributed by atoms with Crippen LogP contribution >= 0.6 is 0 Å². The topological polar surface area (TPSA) is 84.2 Å². The molecule has 24 heavy (non-hydrogen) atoms. The number of rotatable bonds is 7. The van der Waals surface area contributed by atoms with Gasteiger partial charge in [0, 0.05) is 18.2 Å². The third kappa shape index (κ3) is 4.22. The van der Waals surface area contributed by atoms with E-state index in [1.807, 2.05) is 51.1 Å². The number of hydrogen-bond acceptors (Lipinski definition) is 3. The first-order valence-electron chi connectivity index (χ1n) is 8.02. The normalized spacial score (nSPS) is 12.2. The number of hydrogen-bond donors (Lipinski definition) is 2. The van der Waals surface area contributed by atoms with Crippen LogP contribution in [0.4, 0.5) is 0 Å². The molecule has 0 bridgehead atoms. The molecule has 0 fully saturated rings. The Kier molecular flexibility index (Phi) is 5.73. The van der Waals surface area contributed by atoms with Gasteiger partial charge in [0.05, 0.1) is 17.8 Å². The summed E-state index contributed by atoms with van der Waals surface area (Å²) >= 11 is 0. The van der Waals surface area contributed by atoms with Crippen LogP contribution in [0.5, 0.6) is 0 Å². The summed E-state index contributed by atoms with van der Waals surface area (Å²) in [5.74, 6) is -1.12. The first kappa shape index (κ1) is 17.7. The standard InChI is InChI=1S/C18H23N3O3/c1-12(2)21-13(3)15(11-19-21)18(24)20-16(9-10-17(22)23)14-7-5-4-6-8-14/h4-8,11-12,16H,9-10H2,1-3H3,(H,20,24)(H,22,23). The molecule has 1 atom stereocenters. The zero-order chi connectivity index (χ0) is 17.7. The van der Waals surface area contributed by atoms with E-state index in [4.69, 9.17) is 5.11 Å². The fourth-order valence-corrected chi connectivity index (χ4v) is 2.68. The van der Waals surface area contributed by atoms with Crippen LogP contribution in [0.3, 0.4) is 0 Å². The SMILES string of the molecule is Cc1c(C(=O)NC(CCC(=O)O)c2ccccc2)cnn1C(C)C. The predicted molar refractivity (Wildman–Crippen MR) is 90.9 cm³/mol. The van der Waals surface area contributed by atoms with Gasteiger partial charge in [0.25, 0.3) is 5.91 Å². The molecule has 6 heteroatoms. The van der Waals surface area contributed by atoms with E-state index in [2.05, 4.69) is 10.4 Å². The first-order chi connectivity index (χ1) is 11.4. The number of carboxylic acids is 1. The van der Waals surface area contributed by atoms with Crippen molar-refractivity contribution in [2.24, 2.45) is 0 Å². The molecular weight excluding hydrogens is 306 g/mol. The number of carboxylic acid groups (broad SMARTS) is 1. The monoisotopic (exact) mass is 329 g/mol. The number of nitrogens with one attached hydrogen (secondary N) is 1. The Labute approximate surface area is 141 Å². The highest BCUT2D eigenvalue weighted by molar-refractivity contribution is 5.95. The molecule has 2 aromatic rings. The summed E-state index contributed by atoms with van der Waals surface area (Å²) in [7, 11) is 0. The van der Waals surface area contributed by atoms with Crippen molar-refractivity contribution in [2.45, 2.75) is 45.7 Å². The Balaban J connectivity index is 2.19. The lowest BCUT2D eigenvalue weighted by Crippen LogP contribution is -2.29. The van der Waals surface area contributed by atoms with Crippen molar-refractivity contribution in [1.29, 1.82) is 0 Å². The molecule has 1 aromatic carbocycles. The molecule has 1 amide bonds. The smallest absolute Gasteiger partial charge is 0.303 e. The molecule has 0 aliphatic heterocycles. The second-order valence-corrected chi connectivity index (χ2v) is 6.05. The second-order valence-electron chi connectivity index (χ2n) is 6.05. The zero-order valence-electron chi connectivity index (χ0n) is 14.2. The maximum atomic E-state index is 12.6. The van der Waals surface area contributed by atoms with Crippen molar-refractivity contribution in [3.8, 4) is 0 Å². The van der Waals surface area contributed by atoms with Gasteiger partial charge in [-0.25, -0.2) is 0 Å². The van der Waals surface area contributed by atoms with E-state index in [0.717, 1.165) is 11.3 Å². The van der Waals surface area contributed by atoms with E-state index in [9.17, 15) is 9.59 Å². The summed E-state index contributed by atoms with van der Waals surface area (Å²) in [5.41, 5.74) is 2.20. The third-order valence-electron chi connectivity index (χ3n) is 3.93. The Morgan fingerprint density at radius 2 is 1.92 bits per heavy atom. The van der Waals surface area contributed by atoms with Crippen LogP contribution < -0.4 is 5.32 Å². The number of carbonyl (C=O) groups excluding carboxylic acids is 1. The van der Waals surface area contributed by atoms with E-state index in [0.29, 0.717) is 12.0 Å². The minimum Gasteiger partial charge on any atom is -0.481 e. The van der Waals surface area contributed by atoms with Gasteiger partial charge in [-0.05, 0) is 32.8 Å². The summed E-state index contributed by atoms with van der Waals surface area (Å²) in [5, 5.41) is 16.1. The molecule has 1 aromatic heterocycles. The molecule has 6 nitrogen and oxygen atoms in total. The van der Waals surface area contributed by atoms with Gasteiger partial charge in [-0.2, -0.15) is 5.10 Å². The van der Waals surface area contributed by atoms with Crippen molar-refractivity contribution >= 4 is 11.9 Å². The quantitative estimate of drug-likeness (QED) is 0.817. The Bertz CT molecular complexity index is 708. The lowest BCUT2D eigenvalue weighted by atomic mass is 10.0. The Morgan fingerprint density at radius 3 is 2.46 bits per heavy atom. The number of carbonyl (C=O) groups is 2. The maximum absolute atomic E-state index is 12.6. The summed E-state index contributed by atoms with van der Waals surface area (Å²) in [6.45, 7) is 5.86. The Morgan fingerprint density at radius 1 is 1.25 bits per heavy atom. The molecule has 1 unspecified atom stereocenters. The van der Waals surface area contributed by atoms with Gasteiger partial charge in [0.1, 0.15) is 0 Å².